The van der Waals surface area contributed by atoms with Crippen LogP contribution in [0.5, 0.6) is 0 Å². The van der Waals surface area contributed by atoms with Crippen molar-refractivity contribution in [1.82, 2.24) is 5.32 Å². The van der Waals surface area contributed by atoms with E-state index in [0.717, 1.165) is 11.8 Å². The molecule has 0 aromatic heterocycles. The Balaban J connectivity index is 2.79. The monoisotopic (exact) mass is 279 g/mol. The fourth-order valence-corrected chi connectivity index (χ4v) is 3.14. The average molecular weight is 279 g/mol. The minimum atomic E-state index is 0.485. The Morgan fingerprint density at radius 2 is 1.95 bits per heavy atom. The van der Waals surface area contributed by atoms with Crippen molar-refractivity contribution in [3.8, 4) is 0 Å². The van der Waals surface area contributed by atoms with Crippen LogP contribution in [-0.4, -0.2) is 17.5 Å². The molecule has 1 nitrogen and oxygen atoms in total. The Kier molecular flexibility index (Phi) is 7.55. The topological polar surface area (TPSA) is 12.0 Å². The lowest BCUT2D eigenvalue weighted by molar-refractivity contribution is 0.574. The summed E-state index contributed by atoms with van der Waals surface area (Å²) in [6.45, 7) is 12.3. The molecule has 19 heavy (non-hydrogen) atoms. The van der Waals surface area contributed by atoms with Gasteiger partial charge in [0.05, 0.1) is 0 Å². The molecule has 1 aromatic rings. The van der Waals surface area contributed by atoms with Crippen LogP contribution in [0.15, 0.2) is 18.2 Å². The third-order valence-corrected chi connectivity index (χ3v) is 5.00. The van der Waals surface area contributed by atoms with E-state index in [2.05, 4.69) is 69.9 Å². The van der Waals surface area contributed by atoms with Crippen molar-refractivity contribution in [2.45, 2.75) is 58.8 Å². The summed E-state index contributed by atoms with van der Waals surface area (Å²) in [5.74, 6) is 1.17. The first-order chi connectivity index (χ1) is 9.08. The molecular formula is C17H29NS. The van der Waals surface area contributed by atoms with E-state index >= 15 is 0 Å². The molecule has 1 N–H and O–H groups in total. The third kappa shape index (κ3) is 5.58. The second-order valence-electron chi connectivity index (χ2n) is 5.42. The van der Waals surface area contributed by atoms with Crippen LogP contribution in [0.1, 0.15) is 56.3 Å². The number of nitrogens with one attached hydrogen (secondary N) is 1. The highest BCUT2D eigenvalue weighted by atomic mass is 32.2. The Bertz CT molecular complexity index is 376. The Hall–Kier alpha value is -0.470. The van der Waals surface area contributed by atoms with Crippen LogP contribution >= 0.6 is 11.8 Å². The van der Waals surface area contributed by atoms with Gasteiger partial charge in [0, 0.05) is 17.0 Å². The molecule has 0 radical (unpaired) electrons. The molecule has 0 aliphatic carbocycles. The second kappa shape index (κ2) is 8.65. The molecule has 0 saturated heterocycles. The first-order valence-electron chi connectivity index (χ1n) is 7.50. The van der Waals surface area contributed by atoms with E-state index in [4.69, 9.17) is 0 Å². The molecule has 2 unspecified atom stereocenters. The van der Waals surface area contributed by atoms with Crippen molar-refractivity contribution >= 4 is 11.8 Å². The summed E-state index contributed by atoms with van der Waals surface area (Å²) in [5.41, 5.74) is 4.24. The summed E-state index contributed by atoms with van der Waals surface area (Å²) < 4.78 is 0. The predicted molar refractivity (Wildman–Crippen MR) is 89.2 cm³/mol. The highest BCUT2D eigenvalue weighted by molar-refractivity contribution is 7.99. The Morgan fingerprint density at radius 3 is 2.58 bits per heavy atom. The molecule has 2 atom stereocenters. The van der Waals surface area contributed by atoms with Crippen molar-refractivity contribution < 1.29 is 0 Å². The standard InChI is InChI=1S/C17H29NS/c1-6-10-18-17(12-19-15(5)7-2)16-11-13(3)8-9-14(16)4/h8-9,11,15,17-18H,6-7,10,12H2,1-5H3. The minimum Gasteiger partial charge on any atom is -0.309 e. The molecule has 0 aliphatic rings. The highest BCUT2D eigenvalue weighted by Gasteiger charge is 2.14. The molecule has 0 saturated carbocycles. The molecule has 0 aliphatic heterocycles. The van der Waals surface area contributed by atoms with Crippen molar-refractivity contribution in [2.24, 2.45) is 0 Å². The predicted octanol–water partition coefficient (Wildman–Crippen LogP) is 4.88. The van der Waals surface area contributed by atoms with Gasteiger partial charge in [0.1, 0.15) is 0 Å². The fourth-order valence-electron chi connectivity index (χ4n) is 2.09. The maximum absolute atomic E-state index is 3.71. The van der Waals surface area contributed by atoms with Crippen LogP contribution in [0.4, 0.5) is 0 Å². The van der Waals surface area contributed by atoms with E-state index in [-0.39, 0.29) is 0 Å². The molecule has 2 heteroatoms. The van der Waals surface area contributed by atoms with Gasteiger partial charge in [0.25, 0.3) is 0 Å². The molecule has 0 heterocycles. The van der Waals surface area contributed by atoms with Gasteiger partial charge in [0.2, 0.25) is 0 Å². The number of rotatable bonds is 8. The normalized spacial score (nSPS) is 14.4. The molecule has 0 amide bonds. The van der Waals surface area contributed by atoms with Gasteiger partial charge in [-0.1, -0.05) is 44.5 Å². The average Bonchev–Trinajstić information content (AvgIpc) is 2.41. The Labute approximate surface area is 123 Å². The summed E-state index contributed by atoms with van der Waals surface area (Å²) in [6, 6.07) is 7.29. The second-order valence-corrected chi connectivity index (χ2v) is 6.89. The minimum absolute atomic E-state index is 0.485. The van der Waals surface area contributed by atoms with Gasteiger partial charge >= 0.3 is 0 Å². The van der Waals surface area contributed by atoms with Crippen molar-refractivity contribution in [3.05, 3.63) is 34.9 Å². The summed E-state index contributed by atoms with van der Waals surface area (Å²) in [4.78, 5) is 0. The molecule has 108 valence electrons. The van der Waals surface area contributed by atoms with E-state index in [1.807, 2.05) is 0 Å². The number of thioether (sulfide) groups is 1. The highest BCUT2D eigenvalue weighted by Crippen LogP contribution is 2.25. The summed E-state index contributed by atoms with van der Waals surface area (Å²) in [5, 5.41) is 4.46. The first kappa shape index (κ1) is 16.6. The van der Waals surface area contributed by atoms with Gasteiger partial charge in [-0.05, 0) is 44.4 Å². The smallest absolute Gasteiger partial charge is 0.0414 e. The van der Waals surface area contributed by atoms with Crippen LogP contribution in [0.25, 0.3) is 0 Å². The van der Waals surface area contributed by atoms with Gasteiger partial charge < -0.3 is 5.32 Å². The lowest BCUT2D eigenvalue weighted by Gasteiger charge is -2.22. The van der Waals surface area contributed by atoms with E-state index < -0.39 is 0 Å². The molecule has 0 spiro atoms. The quantitative estimate of drug-likeness (QED) is 0.728. The van der Waals surface area contributed by atoms with E-state index in [1.54, 1.807) is 0 Å². The number of hydrogen-bond donors (Lipinski definition) is 1. The van der Waals surface area contributed by atoms with Crippen LogP contribution in [0.3, 0.4) is 0 Å². The number of benzene rings is 1. The fraction of sp³-hybridized carbons (Fsp3) is 0.647. The van der Waals surface area contributed by atoms with Gasteiger partial charge in [-0.3, -0.25) is 0 Å². The molecule has 0 fully saturated rings. The van der Waals surface area contributed by atoms with Gasteiger partial charge in [0.15, 0.2) is 0 Å². The van der Waals surface area contributed by atoms with Crippen LogP contribution in [0, 0.1) is 13.8 Å². The maximum Gasteiger partial charge on any atom is 0.0414 e. The molecular weight excluding hydrogens is 250 g/mol. The summed E-state index contributed by atoms with van der Waals surface area (Å²) >= 11 is 2.08. The van der Waals surface area contributed by atoms with Crippen molar-refractivity contribution in [1.29, 1.82) is 0 Å². The van der Waals surface area contributed by atoms with Gasteiger partial charge in [-0.15, -0.1) is 0 Å². The Morgan fingerprint density at radius 1 is 1.21 bits per heavy atom. The molecule has 1 aromatic carbocycles. The largest absolute Gasteiger partial charge is 0.309 e. The van der Waals surface area contributed by atoms with E-state index in [1.165, 1.54) is 35.3 Å². The molecule has 1 rings (SSSR count). The van der Waals surface area contributed by atoms with E-state index in [9.17, 15) is 0 Å². The lowest BCUT2D eigenvalue weighted by atomic mass is 10.00. The van der Waals surface area contributed by atoms with Crippen molar-refractivity contribution in [3.63, 3.8) is 0 Å². The zero-order valence-electron chi connectivity index (χ0n) is 13.1. The molecule has 0 bridgehead atoms. The maximum atomic E-state index is 3.71. The van der Waals surface area contributed by atoms with Crippen LogP contribution < -0.4 is 5.32 Å². The number of aryl methyl sites for hydroxylation is 2. The summed E-state index contributed by atoms with van der Waals surface area (Å²) in [6.07, 6.45) is 2.44. The van der Waals surface area contributed by atoms with Gasteiger partial charge in [-0.25, -0.2) is 0 Å². The zero-order valence-corrected chi connectivity index (χ0v) is 13.9. The zero-order chi connectivity index (χ0) is 14.3. The van der Waals surface area contributed by atoms with Crippen LogP contribution in [0.2, 0.25) is 0 Å². The van der Waals surface area contributed by atoms with Crippen LogP contribution in [-0.2, 0) is 0 Å². The van der Waals surface area contributed by atoms with E-state index in [0.29, 0.717) is 6.04 Å². The summed E-state index contributed by atoms with van der Waals surface area (Å²) in [7, 11) is 0. The number of hydrogen-bond acceptors (Lipinski definition) is 2. The first-order valence-corrected chi connectivity index (χ1v) is 8.55. The lowest BCUT2D eigenvalue weighted by Crippen LogP contribution is -2.25. The van der Waals surface area contributed by atoms with Crippen molar-refractivity contribution in [2.75, 3.05) is 12.3 Å². The third-order valence-electron chi connectivity index (χ3n) is 3.57. The SMILES string of the molecule is CCCNC(CSC(C)CC)c1cc(C)ccc1C. The van der Waals surface area contributed by atoms with Gasteiger partial charge in [-0.2, -0.15) is 11.8 Å².